The highest BCUT2D eigenvalue weighted by atomic mass is 32.1. The number of ether oxygens (including phenoxy) is 1. The number of phenols is 1. The maximum absolute atomic E-state index is 13.2. The summed E-state index contributed by atoms with van der Waals surface area (Å²) in [6.45, 7) is 10.7. The van der Waals surface area contributed by atoms with Gasteiger partial charge in [0.1, 0.15) is 11.3 Å². The highest BCUT2D eigenvalue weighted by molar-refractivity contribution is 7.16. The summed E-state index contributed by atoms with van der Waals surface area (Å²) >= 11 is 1.12. The van der Waals surface area contributed by atoms with Gasteiger partial charge in [-0.15, -0.1) is 0 Å². The molecule has 3 aromatic carbocycles. The van der Waals surface area contributed by atoms with Crippen LogP contribution in [-0.2, 0) is 32.0 Å². The first-order valence-electron chi connectivity index (χ1n) is 16.4. The van der Waals surface area contributed by atoms with Gasteiger partial charge in [0, 0.05) is 38.3 Å². The van der Waals surface area contributed by atoms with E-state index < -0.39 is 11.9 Å². The fraction of sp³-hybridized carbons (Fsp3) is 0.389. The van der Waals surface area contributed by atoms with Gasteiger partial charge in [-0.3, -0.25) is 9.59 Å². The summed E-state index contributed by atoms with van der Waals surface area (Å²) in [7, 11) is 0. The average Bonchev–Trinajstić information content (AvgIpc) is 3.50. The standard InChI is InChI=1S/C32H42N4O4S.C4H4O4/c1-3-35(4-2)20-21-36(19-18-33-17-14-26-12-13-28(37)30-31(26)41-32(39)34-30)29(38)16-23-40-22-15-25-10-7-9-24-8-5-6-11-27(24)25;5-3(6)1-2-4(7)8/h5-13,33,37H,3-4,14-23H2,1-2H3,(H,34,39);1-2H,(H,5,6)(H,7,8)/b;2-1+. The summed E-state index contributed by atoms with van der Waals surface area (Å²) in [5, 5.41) is 31.6. The molecule has 1 heterocycles. The number of likely N-dealkylation sites (N-methyl/N-ethyl adjacent to an activating group) is 1. The monoisotopic (exact) mass is 694 g/mol. The number of carboxylic acid groups (broad SMARTS) is 2. The molecule has 264 valence electrons. The van der Waals surface area contributed by atoms with Crippen LogP contribution in [0, 0.1) is 0 Å². The number of aromatic nitrogens is 1. The first-order valence-corrected chi connectivity index (χ1v) is 17.2. The van der Waals surface area contributed by atoms with Gasteiger partial charge < -0.3 is 40.2 Å². The zero-order valence-corrected chi connectivity index (χ0v) is 28.8. The number of carboxylic acids is 2. The lowest BCUT2D eigenvalue weighted by Gasteiger charge is -2.27. The number of benzene rings is 3. The van der Waals surface area contributed by atoms with E-state index in [0.717, 1.165) is 54.1 Å². The highest BCUT2D eigenvalue weighted by Gasteiger charge is 2.15. The van der Waals surface area contributed by atoms with Crippen LogP contribution in [0.5, 0.6) is 5.75 Å². The molecule has 0 saturated heterocycles. The maximum atomic E-state index is 13.2. The van der Waals surface area contributed by atoms with Gasteiger partial charge >= 0.3 is 16.8 Å². The first-order chi connectivity index (χ1) is 23.6. The summed E-state index contributed by atoms with van der Waals surface area (Å²) in [5.41, 5.74) is 2.79. The lowest BCUT2D eigenvalue weighted by atomic mass is 10.0. The molecule has 5 N–H and O–H groups in total. The fourth-order valence-electron chi connectivity index (χ4n) is 5.25. The van der Waals surface area contributed by atoms with Crippen molar-refractivity contribution in [1.82, 2.24) is 20.1 Å². The number of aliphatic carboxylic acids is 2. The van der Waals surface area contributed by atoms with Crippen LogP contribution in [0.4, 0.5) is 0 Å². The van der Waals surface area contributed by atoms with E-state index in [1.807, 2.05) is 11.0 Å². The number of carbonyl (C=O) groups is 3. The van der Waals surface area contributed by atoms with Crippen molar-refractivity contribution in [3.8, 4) is 5.75 Å². The molecule has 49 heavy (non-hydrogen) atoms. The third kappa shape index (κ3) is 13.1. The number of H-pyrrole nitrogens is 1. The van der Waals surface area contributed by atoms with Crippen molar-refractivity contribution in [2.45, 2.75) is 33.1 Å². The number of nitrogens with one attached hydrogen (secondary N) is 2. The number of carbonyl (C=O) groups excluding carboxylic acids is 1. The molecule has 0 spiro atoms. The van der Waals surface area contributed by atoms with Crippen molar-refractivity contribution in [3.63, 3.8) is 0 Å². The minimum Gasteiger partial charge on any atom is -0.506 e. The first kappa shape index (κ1) is 38.9. The molecule has 4 aromatic rings. The van der Waals surface area contributed by atoms with Gasteiger partial charge in [-0.25, -0.2) is 9.59 Å². The van der Waals surface area contributed by atoms with Crippen molar-refractivity contribution in [2.75, 3.05) is 59.0 Å². The van der Waals surface area contributed by atoms with Gasteiger partial charge in [0.05, 0.1) is 24.3 Å². The Hall–Kier alpha value is -4.56. The molecule has 4 rings (SSSR count). The lowest BCUT2D eigenvalue weighted by Crippen LogP contribution is -2.42. The highest BCUT2D eigenvalue weighted by Crippen LogP contribution is 2.27. The topological polar surface area (TPSA) is 172 Å². The van der Waals surface area contributed by atoms with E-state index in [2.05, 4.69) is 71.5 Å². The number of nitrogens with zero attached hydrogens (tertiary/aromatic N) is 2. The number of fused-ring (bicyclic) bond motifs is 2. The third-order valence-electron chi connectivity index (χ3n) is 7.93. The minimum atomic E-state index is -1.26. The Bertz CT molecular complexity index is 1730. The molecule has 0 fully saturated rings. The maximum Gasteiger partial charge on any atom is 0.328 e. The minimum absolute atomic E-state index is 0.0926. The Morgan fingerprint density at radius 3 is 2.29 bits per heavy atom. The van der Waals surface area contributed by atoms with Crippen molar-refractivity contribution in [3.05, 3.63) is 87.5 Å². The van der Waals surface area contributed by atoms with Crippen LogP contribution in [0.3, 0.4) is 0 Å². The molecule has 0 radical (unpaired) electrons. The van der Waals surface area contributed by atoms with E-state index in [0.29, 0.717) is 63.5 Å². The van der Waals surface area contributed by atoms with Crippen LogP contribution in [0.1, 0.15) is 31.4 Å². The second-order valence-electron chi connectivity index (χ2n) is 11.1. The number of phenolic OH excluding ortho intramolecular Hbond substituents is 1. The number of amides is 1. The largest absolute Gasteiger partial charge is 0.506 e. The molecule has 0 unspecified atom stereocenters. The van der Waals surface area contributed by atoms with E-state index in [4.69, 9.17) is 14.9 Å². The van der Waals surface area contributed by atoms with Crippen LogP contribution in [0.25, 0.3) is 21.0 Å². The van der Waals surface area contributed by atoms with E-state index in [-0.39, 0.29) is 16.5 Å². The molecule has 0 aliphatic carbocycles. The SMILES string of the molecule is CCN(CC)CCN(CCNCCc1ccc(O)c2[nH]c(=O)sc12)C(=O)CCOCCc1cccc2ccccc12.O=C(O)/C=C/C(=O)O. The lowest BCUT2D eigenvalue weighted by molar-refractivity contribution is -0.134. The quantitative estimate of drug-likeness (QED) is 0.0711. The van der Waals surface area contributed by atoms with E-state index in [9.17, 15) is 24.3 Å². The van der Waals surface area contributed by atoms with E-state index in [1.165, 1.54) is 16.3 Å². The number of thiazole rings is 1. The third-order valence-corrected chi connectivity index (χ3v) is 8.88. The predicted molar refractivity (Wildman–Crippen MR) is 193 cm³/mol. The molecule has 0 bridgehead atoms. The molecule has 0 aliphatic rings. The van der Waals surface area contributed by atoms with Crippen molar-refractivity contribution in [2.24, 2.45) is 0 Å². The van der Waals surface area contributed by atoms with Crippen molar-refractivity contribution < 1.29 is 34.4 Å². The molecular formula is C36H46N4O8S. The van der Waals surface area contributed by atoms with Gasteiger partial charge in [-0.1, -0.05) is 73.7 Å². The van der Waals surface area contributed by atoms with Gasteiger partial charge in [-0.05, 0) is 60.4 Å². The zero-order valence-electron chi connectivity index (χ0n) is 28.0. The number of aromatic hydroxyl groups is 1. The van der Waals surface area contributed by atoms with Crippen LogP contribution < -0.4 is 10.2 Å². The van der Waals surface area contributed by atoms with E-state index in [1.54, 1.807) is 6.07 Å². The summed E-state index contributed by atoms with van der Waals surface area (Å²) in [4.78, 5) is 50.8. The molecule has 1 aromatic heterocycles. The summed E-state index contributed by atoms with van der Waals surface area (Å²) < 4.78 is 6.70. The van der Waals surface area contributed by atoms with Gasteiger partial charge in [-0.2, -0.15) is 0 Å². The Morgan fingerprint density at radius 2 is 1.57 bits per heavy atom. The van der Waals surface area contributed by atoms with Gasteiger partial charge in [0.25, 0.3) is 0 Å². The van der Waals surface area contributed by atoms with Gasteiger partial charge in [0.15, 0.2) is 0 Å². The molecular weight excluding hydrogens is 648 g/mol. The molecule has 0 saturated carbocycles. The Kier molecular flexibility index (Phi) is 16.4. The van der Waals surface area contributed by atoms with Crippen LogP contribution in [0.2, 0.25) is 0 Å². The average molecular weight is 695 g/mol. The van der Waals surface area contributed by atoms with E-state index >= 15 is 0 Å². The van der Waals surface area contributed by atoms with Crippen LogP contribution in [-0.4, -0.2) is 107 Å². The Morgan fingerprint density at radius 1 is 0.857 bits per heavy atom. The normalized spacial score (nSPS) is 11.2. The second kappa shape index (κ2) is 20.7. The summed E-state index contributed by atoms with van der Waals surface area (Å²) in [6.07, 6.45) is 3.02. The molecule has 0 aliphatic heterocycles. The second-order valence-corrected chi connectivity index (χ2v) is 12.1. The van der Waals surface area contributed by atoms with Crippen molar-refractivity contribution in [1.29, 1.82) is 0 Å². The van der Waals surface area contributed by atoms with Crippen LogP contribution in [0.15, 0.2) is 71.5 Å². The summed E-state index contributed by atoms with van der Waals surface area (Å²) in [6, 6.07) is 18.2. The number of hydrogen-bond acceptors (Lipinski definition) is 9. The molecule has 12 nitrogen and oxygen atoms in total. The Balaban J connectivity index is 0.000000723. The number of aromatic amines is 1. The number of rotatable bonds is 19. The molecule has 13 heteroatoms. The van der Waals surface area contributed by atoms with Gasteiger partial charge in [0.2, 0.25) is 5.91 Å². The number of hydrogen-bond donors (Lipinski definition) is 5. The predicted octanol–water partition coefficient (Wildman–Crippen LogP) is 4.11. The summed E-state index contributed by atoms with van der Waals surface area (Å²) in [5.74, 6) is -2.31. The fourth-order valence-corrected chi connectivity index (χ4v) is 6.15. The van der Waals surface area contributed by atoms with Crippen LogP contribution >= 0.6 is 11.3 Å². The Labute approximate surface area is 289 Å². The zero-order chi connectivity index (χ0) is 35.6. The molecule has 0 atom stereocenters. The van der Waals surface area contributed by atoms with Crippen molar-refractivity contribution >= 4 is 50.2 Å². The smallest absolute Gasteiger partial charge is 0.328 e. The molecule has 1 amide bonds.